The van der Waals surface area contributed by atoms with Crippen molar-refractivity contribution in [3.63, 3.8) is 0 Å². The Hall–Kier alpha value is -2.63. The van der Waals surface area contributed by atoms with Crippen LogP contribution in [-0.2, 0) is 6.42 Å². The molecule has 20 heavy (non-hydrogen) atoms. The van der Waals surface area contributed by atoms with Gasteiger partial charge in [0.05, 0.1) is 11.3 Å². The molecular weight excluding hydrogens is 256 g/mol. The molecule has 2 aromatic rings. The second-order valence-electron chi connectivity index (χ2n) is 4.39. The normalized spacial score (nSPS) is 10.2. The van der Waals surface area contributed by atoms with Crippen molar-refractivity contribution in [3.05, 3.63) is 47.9 Å². The van der Waals surface area contributed by atoms with Crippen LogP contribution in [0.3, 0.4) is 0 Å². The van der Waals surface area contributed by atoms with Crippen molar-refractivity contribution in [2.45, 2.75) is 6.42 Å². The minimum atomic E-state index is -1.05. The monoisotopic (exact) mass is 272 g/mol. The van der Waals surface area contributed by atoms with Gasteiger partial charge in [0.2, 0.25) is 0 Å². The van der Waals surface area contributed by atoms with Crippen molar-refractivity contribution < 1.29 is 9.90 Å². The molecule has 0 aliphatic rings. The third-order valence-corrected chi connectivity index (χ3v) is 2.99. The molecular formula is C14H16N4O2. The van der Waals surface area contributed by atoms with Crippen LogP contribution in [0.4, 0.5) is 11.5 Å². The fourth-order valence-electron chi connectivity index (χ4n) is 1.89. The fourth-order valence-corrected chi connectivity index (χ4v) is 1.89. The van der Waals surface area contributed by atoms with Crippen LogP contribution in [0.1, 0.15) is 16.1 Å². The maximum atomic E-state index is 11.0. The molecule has 0 bridgehead atoms. The highest BCUT2D eigenvalue weighted by Crippen LogP contribution is 2.23. The molecule has 0 aromatic carbocycles. The summed E-state index contributed by atoms with van der Waals surface area (Å²) in [5.41, 5.74) is 7.07. The molecule has 0 unspecified atom stereocenters. The molecule has 3 N–H and O–H groups in total. The van der Waals surface area contributed by atoms with E-state index in [2.05, 4.69) is 9.97 Å². The van der Waals surface area contributed by atoms with E-state index in [0.29, 0.717) is 12.4 Å². The van der Waals surface area contributed by atoms with E-state index >= 15 is 0 Å². The molecule has 0 amide bonds. The van der Waals surface area contributed by atoms with Gasteiger partial charge in [-0.1, -0.05) is 6.07 Å². The van der Waals surface area contributed by atoms with E-state index < -0.39 is 5.97 Å². The molecule has 0 aliphatic carbocycles. The van der Waals surface area contributed by atoms with E-state index in [-0.39, 0.29) is 11.3 Å². The van der Waals surface area contributed by atoms with E-state index in [4.69, 9.17) is 10.8 Å². The van der Waals surface area contributed by atoms with Crippen molar-refractivity contribution >= 4 is 17.5 Å². The van der Waals surface area contributed by atoms with Crippen molar-refractivity contribution in [3.8, 4) is 0 Å². The van der Waals surface area contributed by atoms with E-state index in [0.717, 1.165) is 12.1 Å². The van der Waals surface area contributed by atoms with Crippen LogP contribution in [0.5, 0.6) is 0 Å². The number of nitrogen functional groups attached to an aromatic ring is 1. The number of hydrogen-bond donors (Lipinski definition) is 2. The molecule has 0 saturated heterocycles. The Balaban J connectivity index is 2.11. The first kappa shape index (κ1) is 13.8. The predicted molar refractivity (Wildman–Crippen MR) is 76.8 cm³/mol. The van der Waals surface area contributed by atoms with Crippen molar-refractivity contribution in [1.29, 1.82) is 0 Å². The lowest BCUT2D eigenvalue weighted by atomic mass is 10.2. The Morgan fingerprint density at radius 1 is 1.30 bits per heavy atom. The van der Waals surface area contributed by atoms with Gasteiger partial charge in [-0.25, -0.2) is 9.78 Å². The van der Waals surface area contributed by atoms with Gasteiger partial charge < -0.3 is 15.7 Å². The molecule has 2 heterocycles. The number of carboxylic acid groups (broad SMARTS) is 1. The zero-order chi connectivity index (χ0) is 14.5. The predicted octanol–water partition coefficient (Wildman–Crippen LogP) is 1.44. The highest BCUT2D eigenvalue weighted by Gasteiger charge is 2.15. The van der Waals surface area contributed by atoms with Gasteiger partial charge >= 0.3 is 5.97 Å². The molecule has 0 radical (unpaired) electrons. The topological polar surface area (TPSA) is 92.3 Å². The van der Waals surface area contributed by atoms with Crippen molar-refractivity contribution in [2.75, 3.05) is 24.2 Å². The third kappa shape index (κ3) is 3.03. The number of carboxylic acids is 1. The number of nitrogens with two attached hydrogens (primary N) is 1. The molecule has 0 saturated carbocycles. The molecule has 104 valence electrons. The second kappa shape index (κ2) is 6.01. The van der Waals surface area contributed by atoms with Crippen LogP contribution in [0.25, 0.3) is 0 Å². The number of rotatable bonds is 5. The first-order valence-corrected chi connectivity index (χ1v) is 6.18. The van der Waals surface area contributed by atoms with E-state index in [1.165, 1.54) is 12.3 Å². The molecule has 0 fully saturated rings. The molecule has 0 spiro atoms. The lowest BCUT2D eigenvalue weighted by molar-refractivity contribution is 0.0698. The van der Waals surface area contributed by atoms with Crippen molar-refractivity contribution in [2.24, 2.45) is 0 Å². The van der Waals surface area contributed by atoms with E-state index in [1.54, 1.807) is 6.20 Å². The highest BCUT2D eigenvalue weighted by atomic mass is 16.4. The van der Waals surface area contributed by atoms with Crippen LogP contribution in [-0.4, -0.2) is 34.6 Å². The standard InChI is InChI=1S/C14H16N4O2/c1-18(9-6-10-4-2-3-7-16-10)13-12(15)11(14(19)20)5-8-17-13/h2-5,7-8H,6,9,15H2,1H3,(H,19,20). The Bertz CT molecular complexity index is 601. The molecule has 2 aromatic heterocycles. The summed E-state index contributed by atoms with van der Waals surface area (Å²) in [5.74, 6) is -0.579. The number of anilines is 2. The van der Waals surface area contributed by atoms with Crippen LogP contribution in [0, 0.1) is 0 Å². The minimum Gasteiger partial charge on any atom is -0.478 e. The number of aromatic carboxylic acids is 1. The van der Waals surface area contributed by atoms with Gasteiger partial charge in [-0.15, -0.1) is 0 Å². The highest BCUT2D eigenvalue weighted by molar-refractivity contribution is 5.96. The average Bonchev–Trinajstić information content (AvgIpc) is 2.46. The lowest BCUT2D eigenvalue weighted by Crippen LogP contribution is -2.23. The quantitative estimate of drug-likeness (QED) is 0.855. The lowest BCUT2D eigenvalue weighted by Gasteiger charge is -2.20. The van der Waals surface area contributed by atoms with Crippen LogP contribution in [0.15, 0.2) is 36.7 Å². The summed E-state index contributed by atoms with van der Waals surface area (Å²) in [5, 5.41) is 9.04. The fraction of sp³-hybridized carbons (Fsp3) is 0.214. The Morgan fingerprint density at radius 3 is 2.75 bits per heavy atom. The summed E-state index contributed by atoms with van der Waals surface area (Å²) in [6.45, 7) is 0.650. The number of pyridine rings is 2. The number of carbonyl (C=O) groups is 1. The summed E-state index contributed by atoms with van der Waals surface area (Å²) in [6.07, 6.45) is 3.93. The van der Waals surface area contributed by atoms with Gasteiger partial charge in [-0.3, -0.25) is 4.98 Å². The summed E-state index contributed by atoms with van der Waals surface area (Å²) >= 11 is 0. The molecule has 6 heteroatoms. The van der Waals surface area contributed by atoms with Crippen molar-refractivity contribution in [1.82, 2.24) is 9.97 Å². The zero-order valence-electron chi connectivity index (χ0n) is 11.2. The smallest absolute Gasteiger partial charge is 0.337 e. The minimum absolute atomic E-state index is 0.0692. The Kier molecular flexibility index (Phi) is 4.14. The summed E-state index contributed by atoms with van der Waals surface area (Å²) in [7, 11) is 1.83. The molecule has 0 atom stereocenters. The number of aromatic nitrogens is 2. The SMILES string of the molecule is CN(CCc1ccccn1)c1nccc(C(=O)O)c1N. The largest absolute Gasteiger partial charge is 0.478 e. The maximum Gasteiger partial charge on any atom is 0.337 e. The van der Waals surface area contributed by atoms with E-state index in [9.17, 15) is 4.79 Å². The van der Waals surface area contributed by atoms with Gasteiger partial charge in [0.25, 0.3) is 0 Å². The molecule has 0 aliphatic heterocycles. The first-order chi connectivity index (χ1) is 9.59. The maximum absolute atomic E-state index is 11.0. The van der Waals surface area contributed by atoms with Gasteiger partial charge in [0.15, 0.2) is 5.82 Å². The van der Waals surface area contributed by atoms with Gasteiger partial charge in [-0.2, -0.15) is 0 Å². The van der Waals surface area contributed by atoms with Crippen LogP contribution < -0.4 is 10.6 Å². The van der Waals surface area contributed by atoms with Gasteiger partial charge in [0.1, 0.15) is 0 Å². The summed E-state index contributed by atoms with van der Waals surface area (Å²) < 4.78 is 0. The number of hydrogen-bond acceptors (Lipinski definition) is 5. The zero-order valence-corrected chi connectivity index (χ0v) is 11.2. The first-order valence-electron chi connectivity index (χ1n) is 6.18. The molecule has 6 nitrogen and oxygen atoms in total. The van der Waals surface area contributed by atoms with E-state index in [1.807, 2.05) is 30.1 Å². The van der Waals surface area contributed by atoms with Gasteiger partial charge in [-0.05, 0) is 18.2 Å². The van der Waals surface area contributed by atoms with Crippen LogP contribution >= 0.6 is 0 Å². The summed E-state index contributed by atoms with van der Waals surface area (Å²) in [4.78, 5) is 21.3. The van der Waals surface area contributed by atoms with Crippen LogP contribution in [0.2, 0.25) is 0 Å². The second-order valence-corrected chi connectivity index (χ2v) is 4.39. The number of nitrogens with zero attached hydrogens (tertiary/aromatic N) is 3. The van der Waals surface area contributed by atoms with Gasteiger partial charge in [0, 0.05) is 38.1 Å². The summed E-state index contributed by atoms with van der Waals surface area (Å²) in [6, 6.07) is 7.13. The Morgan fingerprint density at radius 2 is 2.10 bits per heavy atom. The average molecular weight is 272 g/mol. The number of likely N-dealkylation sites (N-methyl/N-ethyl adjacent to an activating group) is 1. The third-order valence-electron chi connectivity index (χ3n) is 2.99. The molecule has 2 rings (SSSR count). The Labute approximate surface area is 116 Å².